The van der Waals surface area contributed by atoms with Crippen LogP contribution < -0.4 is 10.4 Å². The van der Waals surface area contributed by atoms with Gasteiger partial charge in [0.15, 0.2) is 17.5 Å². The lowest BCUT2D eigenvalue weighted by atomic mass is 10.1. The Hall–Kier alpha value is -3.22. The minimum Gasteiger partial charge on any atom is -0.289 e. The highest BCUT2D eigenvalue weighted by molar-refractivity contribution is 7.92. The van der Waals surface area contributed by atoms with E-state index in [-0.39, 0.29) is 11.4 Å². The number of alkyl halides is 3. The number of hydrogen-bond donors (Lipinski definition) is 3. The Balaban J connectivity index is 2.10. The number of nitrogens with zero attached hydrogens (tertiary/aromatic N) is 1. The lowest BCUT2D eigenvalue weighted by molar-refractivity contribution is -0.137. The van der Waals surface area contributed by atoms with Crippen LogP contribution in [0.4, 0.5) is 27.6 Å². The Labute approximate surface area is 153 Å². The van der Waals surface area contributed by atoms with Crippen molar-refractivity contribution in [1.82, 2.24) is 15.2 Å². The topological polar surface area (TPSA) is 108 Å². The number of aromatic amines is 2. The zero-order valence-corrected chi connectivity index (χ0v) is 14.3. The summed E-state index contributed by atoms with van der Waals surface area (Å²) in [6.45, 7) is 0. The molecule has 0 amide bonds. The molecule has 0 radical (unpaired) electrons. The third kappa shape index (κ3) is 3.88. The first-order valence-electron chi connectivity index (χ1n) is 7.31. The smallest absolute Gasteiger partial charge is 0.289 e. The maximum atomic E-state index is 13.8. The van der Waals surface area contributed by atoms with Gasteiger partial charge in [0.05, 0.1) is 11.3 Å². The van der Waals surface area contributed by atoms with Gasteiger partial charge >= 0.3 is 11.9 Å². The van der Waals surface area contributed by atoms with Gasteiger partial charge in [-0.3, -0.25) is 9.71 Å². The fraction of sp³-hybridized carbons (Fsp3) is 0.0667. The highest BCUT2D eigenvalue weighted by atomic mass is 32.2. The number of H-pyrrole nitrogens is 2. The molecular formula is C15H9F5N4O3S. The average Bonchev–Trinajstić information content (AvgIpc) is 3.02. The van der Waals surface area contributed by atoms with Gasteiger partial charge in [-0.25, -0.2) is 27.1 Å². The molecule has 0 spiro atoms. The van der Waals surface area contributed by atoms with Crippen molar-refractivity contribution in [2.24, 2.45) is 0 Å². The molecule has 1 heterocycles. The lowest BCUT2D eigenvalue weighted by Gasteiger charge is -2.13. The fourth-order valence-corrected chi connectivity index (χ4v) is 3.42. The van der Waals surface area contributed by atoms with Crippen LogP contribution in [0, 0.1) is 11.6 Å². The molecule has 13 heteroatoms. The van der Waals surface area contributed by atoms with Crippen LogP contribution in [0.3, 0.4) is 0 Å². The van der Waals surface area contributed by atoms with E-state index in [1.165, 1.54) is 0 Å². The van der Waals surface area contributed by atoms with Crippen molar-refractivity contribution in [1.29, 1.82) is 0 Å². The van der Waals surface area contributed by atoms with Crippen LogP contribution in [-0.2, 0) is 16.2 Å². The fourth-order valence-electron chi connectivity index (χ4n) is 2.30. The Morgan fingerprint density at radius 1 is 1.07 bits per heavy atom. The number of sulfonamides is 1. The van der Waals surface area contributed by atoms with Gasteiger partial charge in [0, 0.05) is 5.56 Å². The molecule has 3 rings (SSSR count). The maximum absolute atomic E-state index is 13.8. The highest BCUT2D eigenvalue weighted by Crippen LogP contribution is 2.34. The van der Waals surface area contributed by atoms with Crippen molar-refractivity contribution < 1.29 is 30.4 Å². The molecule has 0 atom stereocenters. The van der Waals surface area contributed by atoms with Crippen molar-refractivity contribution in [3.05, 3.63) is 64.1 Å². The van der Waals surface area contributed by atoms with Gasteiger partial charge in [-0.15, -0.1) is 0 Å². The molecular weight excluding hydrogens is 411 g/mol. The summed E-state index contributed by atoms with van der Waals surface area (Å²) in [5, 5.41) is 5.44. The van der Waals surface area contributed by atoms with Gasteiger partial charge in [0.1, 0.15) is 4.90 Å². The summed E-state index contributed by atoms with van der Waals surface area (Å²) < 4.78 is 92.9. The SMILES string of the molecule is O=c1[nH]nc(-c2cc(NS(=O)(=O)c3cccc(F)c3F)cc(C(F)(F)F)c2)[nH]1. The van der Waals surface area contributed by atoms with Gasteiger partial charge in [0.25, 0.3) is 10.0 Å². The second kappa shape index (κ2) is 6.74. The monoisotopic (exact) mass is 420 g/mol. The van der Waals surface area contributed by atoms with Crippen molar-refractivity contribution in [2.45, 2.75) is 11.1 Å². The van der Waals surface area contributed by atoms with E-state index in [1.807, 2.05) is 5.10 Å². The number of benzene rings is 2. The van der Waals surface area contributed by atoms with Gasteiger partial charge in [-0.05, 0) is 30.3 Å². The van der Waals surface area contributed by atoms with Crippen molar-refractivity contribution in [3.8, 4) is 11.4 Å². The summed E-state index contributed by atoms with van der Waals surface area (Å²) in [5.74, 6) is -3.41. The van der Waals surface area contributed by atoms with Crippen LogP contribution in [0.25, 0.3) is 11.4 Å². The Kier molecular flexibility index (Phi) is 4.71. The minimum atomic E-state index is -4.86. The summed E-state index contributed by atoms with van der Waals surface area (Å²) in [5.41, 5.74) is -2.93. The average molecular weight is 420 g/mol. The zero-order valence-electron chi connectivity index (χ0n) is 13.4. The molecule has 3 N–H and O–H groups in total. The first kappa shape index (κ1) is 19.5. The zero-order chi connectivity index (χ0) is 20.7. The second-order valence-electron chi connectivity index (χ2n) is 5.48. The number of nitrogens with one attached hydrogen (secondary N) is 3. The van der Waals surface area contributed by atoms with Gasteiger partial charge in [-0.2, -0.15) is 18.3 Å². The first-order valence-corrected chi connectivity index (χ1v) is 8.80. The van der Waals surface area contributed by atoms with Crippen molar-refractivity contribution in [2.75, 3.05) is 4.72 Å². The van der Waals surface area contributed by atoms with Gasteiger partial charge in [-0.1, -0.05) is 6.07 Å². The normalized spacial score (nSPS) is 12.2. The minimum absolute atomic E-state index is 0.273. The molecule has 0 fully saturated rings. The van der Waals surface area contributed by atoms with E-state index in [1.54, 1.807) is 4.72 Å². The van der Waals surface area contributed by atoms with E-state index in [0.29, 0.717) is 18.2 Å². The van der Waals surface area contributed by atoms with E-state index in [2.05, 4.69) is 10.1 Å². The highest BCUT2D eigenvalue weighted by Gasteiger charge is 2.32. The molecule has 1 aromatic heterocycles. The maximum Gasteiger partial charge on any atom is 0.416 e. The molecule has 0 bridgehead atoms. The number of aromatic nitrogens is 3. The number of hydrogen-bond acceptors (Lipinski definition) is 4. The predicted molar refractivity (Wildman–Crippen MR) is 86.8 cm³/mol. The Bertz CT molecular complexity index is 1200. The predicted octanol–water partition coefficient (Wildman–Crippen LogP) is 2.86. The number of rotatable bonds is 4. The molecule has 3 aromatic rings. The van der Waals surface area contributed by atoms with Crippen molar-refractivity contribution >= 4 is 15.7 Å². The molecule has 0 saturated carbocycles. The Morgan fingerprint density at radius 2 is 1.79 bits per heavy atom. The van der Waals surface area contributed by atoms with E-state index in [4.69, 9.17) is 0 Å². The molecule has 0 unspecified atom stereocenters. The van der Waals surface area contributed by atoms with Crippen LogP contribution in [0.5, 0.6) is 0 Å². The van der Waals surface area contributed by atoms with Crippen LogP contribution in [0.15, 0.2) is 46.1 Å². The molecule has 2 aromatic carbocycles. The largest absolute Gasteiger partial charge is 0.416 e. The Morgan fingerprint density at radius 3 is 2.39 bits per heavy atom. The number of halogens is 5. The molecule has 0 aliphatic rings. The molecule has 0 aliphatic heterocycles. The summed E-state index contributed by atoms with van der Waals surface area (Å²) >= 11 is 0. The van der Waals surface area contributed by atoms with Crippen molar-refractivity contribution in [3.63, 3.8) is 0 Å². The number of anilines is 1. The summed E-state index contributed by atoms with van der Waals surface area (Å²) in [6, 6.07) is 4.40. The van der Waals surface area contributed by atoms with Crippen LogP contribution in [0.1, 0.15) is 5.56 Å². The van der Waals surface area contributed by atoms with E-state index in [9.17, 15) is 35.2 Å². The van der Waals surface area contributed by atoms with Gasteiger partial charge < -0.3 is 0 Å². The quantitative estimate of drug-likeness (QED) is 0.564. The third-order valence-electron chi connectivity index (χ3n) is 3.49. The first-order chi connectivity index (χ1) is 13.0. The molecule has 28 heavy (non-hydrogen) atoms. The summed E-state index contributed by atoms with van der Waals surface area (Å²) in [6.07, 6.45) is -4.86. The van der Waals surface area contributed by atoms with Crippen LogP contribution in [-0.4, -0.2) is 23.6 Å². The standard InChI is InChI=1S/C15H9F5N4O3S/c16-10-2-1-3-11(12(10)17)28(26,27)24-9-5-7(13-21-14(25)23-22-13)4-8(6-9)15(18,19)20/h1-6,24H,(H2,21,22,23,25). The van der Waals surface area contributed by atoms with E-state index >= 15 is 0 Å². The molecule has 7 nitrogen and oxygen atoms in total. The van der Waals surface area contributed by atoms with E-state index in [0.717, 1.165) is 18.2 Å². The van der Waals surface area contributed by atoms with Crippen LogP contribution >= 0.6 is 0 Å². The second-order valence-corrected chi connectivity index (χ2v) is 7.13. The lowest BCUT2D eigenvalue weighted by Crippen LogP contribution is -2.16. The molecule has 0 saturated heterocycles. The van der Waals surface area contributed by atoms with Crippen LogP contribution in [0.2, 0.25) is 0 Å². The van der Waals surface area contributed by atoms with Gasteiger partial charge in [0.2, 0.25) is 0 Å². The summed E-state index contributed by atoms with van der Waals surface area (Å²) in [7, 11) is -4.75. The van der Waals surface area contributed by atoms with E-state index < -0.39 is 49.7 Å². The third-order valence-corrected chi connectivity index (χ3v) is 4.89. The molecule has 0 aliphatic carbocycles. The summed E-state index contributed by atoms with van der Waals surface area (Å²) in [4.78, 5) is 12.2. The molecule has 148 valence electrons.